The number of hydrogen-bond acceptors (Lipinski definition) is 1. The van der Waals surface area contributed by atoms with Crippen LogP contribution >= 0.6 is 0 Å². The molecule has 0 saturated carbocycles. The van der Waals surface area contributed by atoms with Crippen LogP contribution in [0.4, 0.5) is 0 Å². The molecule has 100 valence electrons. The number of fused-ring (bicyclic) bond motifs is 1. The summed E-state index contributed by atoms with van der Waals surface area (Å²) in [6, 6.07) is 17.5. The largest absolute Gasteiger partial charge is 0.478 e. The van der Waals surface area contributed by atoms with Gasteiger partial charge in [-0.15, -0.1) is 0 Å². The van der Waals surface area contributed by atoms with E-state index in [4.69, 9.17) is 0 Å². The third-order valence-corrected chi connectivity index (χ3v) is 3.57. The quantitative estimate of drug-likeness (QED) is 0.784. The molecule has 0 spiro atoms. The second-order valence-corrected chi connectivity index (χ2v) is 4.90. The fraction of sp³-hybridized carbons (Fsp3) is 0.118. The Kier molecular flexibility index (Phi) is 3.03. The summed E-state index contributed by atoms with van der Waals surface area (Å²) in [5.41, 5.74) is 3.59. The molecule has 0 unspecified atom stereocenters. The molecular weight excluding hydrogens is 250 g/mol. The highest BCUT2D eigenvalue weighted by Crippen LogP contribution is 2.24. The Morgan fingerprint density at radius 3 is 2.55 bits per heavy atom. The van der Waals surface area contributed by atoms with Crippen molar-refractivity contribution in [3.8, 4) is 0 Å². The van der Waals surface area contributed by atoms with Crippen molar-refractivity contribution in [3.63, 3.8) is 0 Å². The van der Waals surface area contributed by atoms with E-state index in [0.717, 1.165) is 23.1 Å². The lowest BCUT2D eigenvalue weighted by Crippen LogP contribution is -2.02. The molecule has 3 aromatic rings. The van der Waals surface area contributed by atoms with Gasteiger partial charge >= 0.3 is 5.97 Å². The number of carboxylic acid groups (broad SMARTS) is 1. The molecule has 2 aromatic carbocycles. The molecule has 0 amide bonds. The summed E-state index contributed by atoms with van der Waals surface area (Å²) >= 11 is 0. The zero-order chi connectivity index (χ0) is 14.1. The van der Waals surface area contributed by atoms with Crippen LogP contribution in [0.15, 0.2) is 54.6 Å². The van der Waals surface area contributed by atoms with E-state index in [1.54, 1.807) is 12.1 Å². The van der Waals surface area contributed by atoms with Crippen LogP contribution in [0.1, 0.15) is 21.6 Å². The molecule has 0 atom stereocenters. The molecule has 1 aromatic heterocycles. The molecule has 1 heterocycles. The Labute approximate surface area is 117 Å². The summed E-state index contributed by atoms with van der Waals surface area (Å²) in [4.78, 5) is 11.3. The lowest BCUT2D eigenvalue weighted by molar-refractivity contribution is 0.0699. The number of aryl methyl sites for hydroxylation is 1. The number of benzene rings is 2. The Balaban J connectivity index is 2.14. The van der Waals surface area contributed by atoms with Crippen LogP contribution in [0.5, 0.6) is 0 Å². The number of nitrogens with zero attached hydrogens (tertiary/aromatic N) is 1. The molecule has 0 aliphatic rings. The van der Waals surface area contributed by atoms with Gasteiger partial charge in [0.2, 0.25) is 0 Å². The van der Waals surface area contributed by atoms with Crippen molar-refractivity contribution in [2.75, 3.05) is 0 Å². The molecule has 0 fully saturated rings. The van der Waals surface area contributed by atoms with Crippen LogP contribution in [0, 0.1) is 6.92 Å². The number of aromatic carboxylic acids is 1. The Morgan fingerprint density at radius 1 is 1.10 bits per heavy atom. The van der Waals surface area contributed by atoms with Crippen molar-refractivity contribution >= 4 is 16.9 Å². The highest BCUT2D eigenvalue weighted by Gasteiger charge is 2.13. The third kappa shape index (κ3) is 2.07. The van der Waals surface area contributed by atoms with Gasteiger partial charge in [0, 0.05) is 23.1 Å². The molecule has 0 aliphatic heterocycles. The van der Waals surface area contributed by atoms with Crippen LogP contribution in [0.25, 0.3) is 10.9 Å². The van der Waals surface area contributed by atoms with Gasteiger partial charge in [0.15, 0.2) is 0 Å². The van der Waals surface area contributed by atoms with Crippen LogP contribution < -0.4 is 0 Å². The molecule has 3 rings (SSSR count). The molecule has 0 bridgehead atoms. The number of carbonyl (C=O) groups is 1. The average molecular weight is 265 g/mol. The Hall–Kier alpha value is -2.55. The molecule has 20 heavy (non-hydrogen) atoms. The molecular formula is C17H15NO2. The van der Waals surface area contributed by atoms with Gasteiger partial charge < -0.3 is 9.67 Å². The van der Waals surface area contributed by atoms with Crippen LogP contribution in [0.3, 0.4) is 0 Å². The minimum atomic E-state index is -0.882. The first kappa shape index (κ1) is 12.5. The summed E-state index contributed by atoms with van der Waals surface area (Å²) in [5, 5.41) is 10.1. The summed E-state index contributed by atoms with van der Waals surface area (Å²) in [6.45, 7) is 2.76. The van der Waals surface area contributed by atoms with Crippen molar-refractivity contribution in [2.45, 2.75) is 13.5 Å². The van der Waals surface area contributed by atoms with Crippen molar-refractivity contribution < 1.29 is 9.90 Å². The van der Waals surface area contributed by atoms with Crippen molar-refractivity contribution in [1.29, 1.82) is 0 Å². The summed E-state index contributed by atoms with van der Waals surface area (Å²) in [6.07, 6.45) is 0. The molecule has 0 saturated heterocycles. The zero-order valence-corrected chi connectivity index (χ0v) is 11.2. The normalized spacial score (nSPS) is 10.8. The van der Waals surface area contributed by atoms with Crippen LogP contribution in [-0.4, -0.2) is 15.6 Å². The molecule has 3 heteroatoms. The maximum Gasteiger partial charge on any atom is 0.336 e. The van der Waals surface area contributed by atoms with Crippen molar-refractivity contribution in [1.82, 2.24) is 4.57 Å². The van der Waals surface area contributed by atoms with E-state index in [0.29, 0.717) is 5.56 Å². The minimum absolute atomic E-state index is 0.359. The number of rotatable bonds is 3. The molecule has 0 aliphatic carbocycles. The van der Waals surface area contributed by atoms with E-state index in [9.17, 15) is 9.90 Å². The van der Waals surface area contributed by atoms with Gasteiger partial charge in [-0.3, -0.25) is 0 Å². The second-order valence-electron chi connectivity index (χ2n) is 4.90. The molecule has 3 nitrogen and oxygen atoms in total. The van der Waals surface area contributed by atoms with Gasteiger partial charge in [0.1, 0.15) is 0 Å². The van der Waals surface area contributed by atoms with E-state index in [1.807, 2.05) is 37.3 Å². The van der Waals surface area contributed by atoms with E-state index in [2.05, 4.69) is 16.7 Å². The maximum atomic E-state index is 11.3. The van der Waals surface area contributed by atoms with Crippen LogP contribution in [-0.2, 0) is 6.54 Å². The topological polar surface area (TPSA) is 42.2 Å². The first-order valence-electron chi connectivity index (χ1n) is 6.53. The summed E-state index contributed by atoms with van der Waals surface area (Å²) < 4.78 is 2.15. The first-order chi connectivity index (χ1) is 9.66. The fourth-order valence-corrected chi connectivity index (χ4v) is 2.58. The summed E-state index contributed by atoms with van der Waals surface area (Å²) in [5.74, 6) is -0.882. The predicted molar refractivity (Wildman–Crippen MR) is 79.2 cm³/mol. The number of aromatic nitrogens is 1. The fourth-order valence-electron chi connectivity index (χ4n) is 2.58. The lowest BCUT2D eigenvalue weighted by Gasteiger charge is -2.08. The third-order valence-electron chi connectivity index (χ3n) is 3.57. The number of carboxylic acids is 1. The highest BCUT2D eigenvalue weighted by molar-refractivity contribution is 6.03. The van der Waals surface area contributed by atoms with E-state index >= 15 is 0 Å². The maximum absolute atomic E-state index is 11.3. The van der Waals surface area contributed by atoms with E-state index in [-0.39, 0.29) is 0 Å². The van der Waals surface area contributed by atoms with E-state index in [1.165, 1.54) is 5.56 Å². The Morgan fingerprint density at radius 2 is 1.85 bits per heavy atom. The first-order valence-corrected chi connectivity index (χ1v) is 6.53. The monoisotopic (exact) mass is 265 g/mol. The van der Waals surface area contributed by atoms with Gasteiger partial charge in [-0.05, 0) is 30.7 Å². The van der Waals surface area contributed by atoms with Crippen molar-refractivity contribution in [2.24, 2.45) is 0 Å². The second kappa shape index (κ2) is 4.85. The SMILES string of the molecule is Cc1cc2c(C(=O)O)cccc2n1Cc1ccccc1. The minimum Gasteiger partial charge on any atom is -0.478 e. The highest BCUT2D eigenvalue weighted by atomic mass is 16.4. The molecule has 1 N–H and O–H groups in total. The Bertz CT molecular complexity index is 772. The average Bonchev–Trinajstić information content (AvgIpc) is 2.76. The predicted octanol–water partition coefficient (Wildman–Crippen LogP) is 3.70. The van der Waals surface area contributed by atoms with Gasteiger partial charge in [0.05, 0.1) is 5.56 Å². The van der Waals surface area contributed by atoms with E-state index < -0.39 is 5.97 Å². The van der Waals surface area contributed by atoms with Gasteiger partial charge in [0.25, 0.3) is 0 Å². The lowest BCUT2D eigenvalue weighted by atomic mass is 10.1. The van der Waals surface area contributed by atoms with Crippen LogP contribution in [0.2, 0.25) is 0 Å². The van der Waals surface area contributed by atoms with Crippen molar-refractivity contribution in [3.05, 3.63) is 71.4 Å². The number of hydrogen-bond donors (Lipinski definition) is 1. The van der Waals surface area contributed by atoms with Gasteiger partial charge in [-0.1, -0.05) is 36.4 Å². The standard InChI is InChI=1S/C17H15NO2/c1-12-10-15-14(17(19)20)8-5-9-16(15)18(12)11-13-6-3-2-4-7-13/h2-10H,11H2,1H3,(H,19,20). The van der Waals surface area contributed by atoms with Gasteiger partial charge in [-0.2, -0.15) is 0 Å². The zero-order valence-electron chi connectivity index (χ0n) is 11.2. The summed E-state index contributed by atoms with van der Waals surface area (Å²) in [7, 11) is 0. The molecule has 0 radical (unpaired) electrons. The van der Waals surface area contributed by atoms with Gasteiger partial charge in [-0.25, -0.2) is 4.79 Å². The smallest absolute Gasteiger partial charge is 0.336 e.